The van der Waals surface area contributed by atoms with Crippen LogP contribution in [0.25, 0.3) is 0 Å². The van der Waals surface area contributed by atoms with E-state index >= 15 is 0 Å². The number of nitrogens with two attached hydrogens (primary N) is 1. The summed E-state index contributed by atoms with van der Waals surface area (Å²) in [7, 11) is 0. The van der Waals surface area contributed by atoms with Crippen LogP contribution in [0, 0.1) is 11.3 Å². The van der Waals surface area contributed by atoms with E-state index < -0.39 is 0 Å². The molecule has 0 amide bonds. The van der Waals surface area contributed by atoms with Crippen molar-refractivity contribution >= 4 is 5.82 Å². The topological polar surface area (TPSA) is 75.2 Å². The van der Waals surface area contributed by atoms with Gasteiger partial charge in [0.2, 0.25) is 0 Å². The number of hydrogen-bond acceptors (Lipinski definition) is 5. The van der Waals surface area contributed by atoms with Crippen molar-refractivity contribution in [3.63, 3.8) is 0 Å². The molecule has 0 aromatic carbocycles. The molecule has 2 aliphatic heterocycles. The molecular formula is C19H28N4O. The number of aromatic nitrogens is 1. The lowest BCUT2D eigenvalue weighted by Crippen LogP contribution is -2.38. The van der Waals surface area contributed by atoms with E-state index in [9.17, 15) is 5.26 Å². The van der Waals surface area contributed by atoms with E-state index in [1.807, 2.05) is 0 Å². The van der Waals surface area contributed by atoms with Crippen molar-refractivity contribution in [1.29, 1.82) is 5.26 Å². The van der Waals surface area contributed by atoms with Gasteiger partial charge in [0.25, 0.3) is 0 Å². The van der Waals surface area contributed by atoms with Gasteiger partial charge in [0.1, 0.15) is 11.9 Å². The van der Waals surface area contributed by atoms with Crippen molar-refractivity contribution in [3.8, 4) is 6.07 Å². The average Bonchev–Trinajstić information content (AvgIpc) is 2.52. The van der Waals surface area contributed by atoms with Crippen LogP contribution >= 0.6 is 0 Å². The fourth-order valence-electron chi connectivity index (χ4n) is 4.12. The Hall–Kier alpha value is -1.64. The predicted molar refractivity (Wildman–Crippen MR) is 94.6 cm³/mol. The van der Waals surface area contributed by atoms with E-state index in [1.54, 1.807) is 0 Å². The minimum atomic E-state index is -0.160. The zero-order chi connectivity index (χ0) is 17.5. The van der Waals surface area contributed by atoms with Crippen LogP contribution in [0.2, 0.25) is 0 Å². The first-order chi connectivity index (χ1) is 11.3. The van der Waals surface area contributed by atoms with Gasteiger partial charge in [-0.3, -0.25) is 4.90 Å². The lowest BCUT2D eigenvalue weighted by atomic mass is 9.78. The van der Waals surface area contributed by atoms with E-state index in [-0.39, 0.29) is 5.60 Å². The van der Waals surface area contributed by atoms with Crippen LogP contribution in [0.1, 0.15) is 68.8 Å². The molecule has 3 rings (SSSR count). The lowest BCUT2D eigenvalue weighted by molar-refractivity contribution is -0.0595. The summed E-state index contributed by atoms with van der Waals surface area (Å²) in [6.45, 7) is 11.3. The Morgan fingerprint density at radius 2 is 2.17 bits per heavy atom. The first-order valence-electron chi connectivity index (χ1n) is 8.91. The quantitative estimate of drug-likeness (QED) is 0.903. The van der Waals surface area contributed by atoms with Crippen molar-refractivity contribution in [2.75, 3.05) is 18.9 Å². The molecule has 5 heteroatoms. The van der Waals surface area contributed by atoms with Gasteiger partial charge in [0.15, 0.2) is 0 Å². The highest BCUT2D eigenvalue weighted by Gasteiger charge is 2.35. The maximum Gasteiger partial charge on any atom is 0.141 e. The summed E-state index contributed by atoms with van der Waals surface area (Å²) in [5, 5.41) is 9.72. The van der Waals surface area contributed by atoms with Gasteiger partial charge in [-0.25, -0.2) is 4.98 Å². The number of ether oxygens (including phenoxy) is 1. The summed E-state index contributed by atoms with van der Waals surface area (Å²) in [5.41, 5.74) is 10.0. The minimum absolute atomic E-state index is 0.160. The van der Waals surface area contributed by atoms with Gasteiger partial charge in [-0.1, -0.05) is 0 Å². The summed E-state index contributed by atoms with van der Waals surface area (Å²) in [5.74, 6) is 0.711. The van der Waals surface area contributed by atoms with Crippen molar-refractivity contribution in [2.24, 2.45) is 0 Å². The molecule has 3 heterocycles. The first-order valence-corrected chi connectivity index (χ1v) is 8.91. The van der Waals surface area contributed by atoms with Crippen LogP contribution in [0.5, 0.6) is 0 Å². The van der Waals surface area contributed by atoms with E-state index in [2.05, 4.69) is 43.6 Å². The van der Waals surface area contributed by atoms with Crippen molar-refractivity contribution < 1.29 is 4.74 Å². The molecule has 1 aromatic heterocycles. The number of hydrogen-bond donors (Lipinski definition) is 1. The normalized spacial score (nSPS) is 23.8. The zero-order valence-electron chi connectivity index (χ0n) is 15.2. The third-order valence-electron chi connectivity index (χ3n) is 5.40. The van der Waals surface area contributed by atoms with Gasteiger partial charge in [-0.2, -0.15) is 5.26 Å². The maximum absolute atomic E-state index is 9.72. The Morgan fingerprint density at radius 1 is 1.42 bits per heavy atom. The molecule has 1 saturated heterocycles. The number of anilines is 1. The third kappa shape index (κ3) is 3.13. The SMILES string of the molecule is CC(C)N1CCc2nc(N)c(C#N)c(C3CCOC(C)(C)C3)c2C1. The minimum Gasteiger partial charge on any atom is -0.383 e. The molecule has 2 aliphatic rings. The fraction of sp³-hybridized carbons (Fsp3) is 0.684. The monoisotopic (exact) mass is 328 g/mol. The lowest BCUT2D eigenvalue weighted by Gasteiger charge is -2.39. The molecule has 1 aromatic rings. The summed E-state index contributed by atoms with van der Waals surface area (Å²) in [6, 6.07) is 2.82. The number of fused-ring (bicyclic) bond motifs is 1. The third-order valence-corrected chi connectivity index (χ3v) is 5.40. The Labute approximate surface area is 144 Å². The molecular weight excluding hydrogens is 300 g/mol. The van der Waals surface area contributed by atoms with Gasteiger partial charge in [0.05, 0.1) is 11.2 Å². The highest BCUT2D eigenvalue weighted by molar-refractivity contribution is 5.59. The van der Waals surface area contributed by atoms with E-state index in [0.29, 0.717) is 23.3 Å². The molecule has 1 unspecified atom stereocenters. The molecule has 5 nitrogen and oxygen atoms in total. The molecule has 0 spiro atoms. The Bertz CT molecular complexity index is 675. The summed E-state index contributed by atoms with van der Waals surface area (Å²) in [4.78, 5) is 7.02. The molecule has 2 N–H and O–H groups in total. The Morgan fingerprint density at radius 3 is 2.79 bits per heavy atom. The Balaban J connectivity index is 2.09. The summed E-state index contributed by atoms with van der Waals surface area (Å²) >= 11 is 0. The van der Waals surface area contributed by atoms with Gasteiger partial charge in [-0.05, 0) is 57.6 Å². The van der Waals surface area contributed by atoms with Gasteiger partial charge in [-0.15, -0.1) is 0 Å². The standard InChI is InChI=1S/C19H28N4O/c1-12(2)23-7-5-16-15(11-23)17(14(10-20)18(21)22-16)13-6-8-24-19(3,4)9-13/h12-13H,5-9,11H2,1-4H3,(H2,21,22). The second-order valence-electron chi connectivity index (χ2n) is 7.93. The highest BCUT2D eigenvalue weighted by Crippen LogP contribution is 2.41. The second-order valence-corrected chi connectivity index (χ2v) is 7.93. The van der Waals surface area contributed by atoms with Crippen molar-refractivity contribution in [2.45, 2.75) is 71.1 Å². The highest BCUT2D eigenvalue weighted by atomic mass is 16.5. The molecule has 0 radical (unpaired) electrons. The molecule has 1 atom stereocenters. The molecule has 1 fully saturated rings. The zero-order valence-corrected chi connectivity index (χ0v) is 15.2. The van der Waals surface area contributed by atoms with Crippen LogP contribution in [-0.4, -0.2) is 34.7 Å². The van der Waals surface area contributed by atoms with Crippen LogP contribution < -0.4 is 5.73 Å². The maximum atomic E-state index is 9.72. The molecule has 0 saturated carbocycles. The molecule has 24 heavy (non-hydrogen) atoms. The smallest absolute Gasteiger partial charge is 0.141 e. The number of nitrogens with zero attached hydrogens (tertiary/aromatic N) is 3. The molecule has 130 valence electrons. The number of nitriles is 1. The summed E-state index contributed by atoms with van der Waals surface area (Å²) in [6.07, 6.45) is 2.76. The van der Waals surface area contributed by atoms with Crippen molar-refractivity contribution in [1.82, 2.24) is 9.88 Å². The first kappa shape index (κ1) is 17.2. The molecule has 0 bridgehead atoms. The molecule has 0 aliphatic carbocycles. The predicted octanol–water partition coefficient (Wildman–Crippen LogP) is 2.97. The van der Waals surface area contributed by atoms with Crippen molar-refractivity contribution in [3.05, 3.63) is 22.4 Å². The number of nitrogen functional groups attached to an aromatic ring is 1. The second kappa shape index (κ2) is 6.34. The van der Waals surface area contributed by atoms with E-state index in [4.69, 9.17) is 10.5 Å². The van der Waals surface area contributed by atoms with Gasteiger partial charge < -0.3 is 10.5 Å². The van der Waals surface area contributed by atoms with Crippen LogP contribution in [0.3, 0.4) is 0 Å². The van der Waals surface area contributed by atoms with Crippen LogP contribution in [0.15, 0.2) is 0 Å². The van der Waals surface area contributed by atoms with Crippen LogP contribution in [0.4, 0.5) is 5.82 Å². The number of rotatable bonds is 2. The van der Waals surface area contributed by atoms with E-state index in [1.165, 1.54) is 5.56 Å². The Kier molecular flexibility index (Phi) is 4.54. The average molecular weight is 328 g/mol. The van der Waals surface area contributed by atoms with Gasteiger partial charge >= 0.3 is 0 Å². The summed E-state index contributed by atoms with van der Waals surface area (Å²) < 4.78 is 5.88. The fourth-order valence-corrected chi connectivity index (χ4v) is 4.12. The van der Waals surface area contributed by atoms with Gasteiger partial charge in [0, 0.05) is 37.9 Å². The van der Waals surface area contributed by atoms with Crippen LogP contribution in [-0.2, 0) is 17.7 Å². The van der Waals surface area contributed by atoms with E-state index in [0.717, 1.165) is 50.2 Å². The number of pyridine rings is 1. The largest absolute Gasteiger partial charge is 0.383 e.